The molecule has 2 aliphatic heterocycles. The van der Waals surface area contributed by atoms with Gasteiger partial charge < -0.3 is 14.4 Å². The van der Waals surface area contributed by atoms with Gasteiger partial charge in [0.1, 0.15) is 0 Å². The average Bonchev–Trinajstić information content (AvgIpc) is 2.85. The minimum atomic E-state index is -1.05. The molecule has 3 fully saturated rings. The van der Waals surface area contributed by atoms with Gasteiger partial charge in [0.05, 0.1) is 17.9 Å². The summed E-state index contributed by atoms with van der Waals surface area (Å²) in [6, 6.07) is 0. The van der Waals surface area contributed by atoms with Crippen molar-refractivity contribution >= 4 is 17.8 Å². The fraction of sp³-hybridized carbons (Fsp3) is 0.833. The molecule has 1 amide bonds. The van der Waals surface area contributed by atoms with Crippen LogP contribution in [0.4, 0.5) is 0 Å². The molecule has 0 aromatic rings. The number of rotatable bonds is 3. The maximum Gasteiger partial charge on any atom is 0.313 e. The van der Waals surface area contributed by atoms with E-state index in [0.29, 0.717) is 45.4 Å². The van der Waals surface area contributed by atoms with Gasteiger partial charge in [-0.1, -0.05) is 13.8 Å². The summed E-state index contributed by atoms with van der Waals surface area (Å²) < 4.78 is 10.7. The van der Waals surface area contributed by atoms with E-state index in [2.05, 4.69) is 0 Å². The molecule has 1 aliphatic carbocycles. The van der Waals surface area contributed by atoms with Crippen LogP contribution in [0.5, 0.6) is 0 Å². The Bertz CT molecular complexity index is 578. The van der Waals surface area contributed by atoms with Crippen LogP contribution in [0, 0.1) is 16.7 Å². The molecule has 3 aliphatic rings. The van der Waals surface area contributed by atoms with Crippen LogP contribution in [0.15, 0.2) is 0 Å². The van der Waals surface area contributed by atoms with E-state index in [4.69, 9.17) is 9.47 Å². The number of fused-ring (bicyclic) bond motifs is 2. The molecular formula is C18H27NO5. The fourth-order valence-electron chi connectivity index (χ4n) is 4.56. The predicted octanol–water partition coefficient (Wildman–Crippen LogP) is 1.91. The van der Waals surface area contributed by atoms with Gasteiger partial charge in [-0.3, -0.25) is 14.4 Å². The zero-order valence-electron chi connectivity index (χ0n) is 15.0. The summed E-state index contributed by atoms with van der Waals surface area (Å²) in [4.78, 5) is 39.2. The van der Waals surface area contributed by atoms with Gasteiger partial charge in [-0.2, -0.15) is 0 Å². The molecular weight excluding hydrogens is 310 g/mol. The van der Waals surface area contributed by atoms with Crippen molar-refractivity contribution in [3.8, 4) is 0 Å². The number of carbonyl (C=O) groups excluding carboxylic acids is 3. The SMILES string of the molecule is CCOC(=O)C1CCN(C(=O)C23CCC(C)(C(=O)O2)C3(C)C)CC1. The summed E-state index contributed by atoms with van der Waals surface area (Å²) >= 11 is 0. The van der Waals surface area contributed by atoms with Crippen LogP contribution >= 0.6 is 0 Å². The summed E-state index contributed by atoms with van der Waals surface area (Å²) in [5.41, 5.74) is -2.16. The van der Waals surface area contributed by atoms with Crippen molar-refractivity contribution in [2.24, 2.45) is 16.7 Å². The molecule has 3 rings (SSSR count). The van der Waals surface area contributed by atoms with Crippen LogP contribution < -0.4 is 0 Å². The van der Waals surface area contributed by atoms with Crippen molar-refractivity contribution < 1.29 is 23.9 Å². The van der Waals surface area contributed by atoms with Crippen LogP contribution in [0.25, 0.3) is 0 Å². The highest BCUT2D eigenvalue weighted by molar-refractivity contribution is 5.96. The second-order valence-corrected chi connectivity index (χ2v) is 7.99. The third-order valence-electron chi connectivity index (χ3n) is 6.83. The molecule has 0 aromatic carbocycles. The zero-order valence-corrected chi connectivity index (χ0v) is 15.0. The number of hydrogen-bond donors (Lipinski definition) is 0. The van der Waals surface area contributed by atoms with E-state index in [9.17, 15) is 14.4 Å². The smallest absolute Gasteiger partial charge is 0.313 e. The number of piperidine rings is 1. The molecule has 2 heterocycles. The van der Waals surface area contributed by atoms with Crippen molar-refractivity contribution in [3.05, 3.63) is 0 Å². The lowest BCUT2D eigenvalue weighted by molar-refractivity contribution is -0.175. The molecule has 0 N–H and O–H groups in total. The fourth-order valence-corrected chi connectivity index (χ4v) is 4.56. The molecule has 1 saturated carbocycles. The van der Waals surface area contributed by atoms with E-state index in [1.165, 1.54) is 0 Å². The van der Waals surface area contributed by atoms with E-state index in [-0.39, 0.29) is 23.8 Å². The highest BCUT2D eigenvalue weighted by Gasteiger charge is 2.76. The summed E-state index contributed by atoms with van der Waals surface area (Å²) in [6.45, 7) is 9.03. The molecule has 2 saturated heterocycles. The molecule has 2 unspecified atom stereocenters. The first-order valence-corrected chi connectivity index (χ1v) is 8.89. The third-order valence-corrected chi connectivity index (χ3v) is 6.83. The van der Waals surface area contributed by atoms with Gasteiger partial charge in [-0.15, -0.1) is 0 Å². The standard InChI is InChI=1S/C18H27NO5/c1-5-23-13(20)12-6-10-19(11-7-12)14(21)18-9-8-17(4,15(22)24-18)16(18,2)3/h12H,5-11H2,1-4H3. The first-order chi connectivity index (χ1) is 11.2. The Balaban J connectivity index is 1.73. The molecule has 0 spiro atoms. The molecule has 0 radical (unpaired) electrons. The number of hydrogen-bond acceptors (Lipinski definition) is 5. The first kappa shape index (κ1) is 17.2. The van der Waals surface area contributed by atoms with Crippen LogP contribution in [-0.4, -0.2) is 48.0 Å². The number of carbonyl (C=O) groups is 3. The number of ether oxygens (including phenoxy) is 2. The minimum Gasteiger partial charge on any atom is -0.466 e. The van der Waals surface area contributed by atoms with E-state index < -0.39 is 16.4 Å². The van der Waals surface area contributed by atoms with E-state index in [1.54, 1.807) is 11.8 Å². The summed E-state index contributed by atoms with van der Waals surface area (Å²) in [5, 5.41) is 0. The van der Waals surface area contributed by atoms with Gasteiger partial charge >= 0.3 is 11.9 Å². The highest BCUT2D eigenvalue weighted by Crippen LogP contribution is 2.66. The lowest BCUT2D eigenvalue weighted by atomic mass is 9.66. The Labute approximate surface area is 142 Å². The maximum atomic E-state index is 13.2. The Morgan fingerprint density at radius 3 is 2.29 bits per heavy atom. The Morgan fingerprint density at radius 1 is 1.21 bits per heavy atom. The molecule has 0 aromatic heterocycles. The number of likely N-dealkylation sites (tertiary alicyclic amines) is 1. The van der Waals surface area contributed by atoms with Crippen LogP contribution in [0.2, 0.25) is 0 Å². The number of amides is 1. The van der Waals surface area contributed by atoms with E-state index in [1.807, 2.05) is 20.8 Å². The maximum absolute atomic E-state index is 13.2. The van der Waals surface area contributed by atoms with Crippen LogP contribution in [-0.2, 0) is 23.9 Å². The zero-order chi connectivity index (χ0) is 17.8. The molecule has 24 heavy (non-hydrogen) atoms. The van der Waals surface area contributed by atoms with E-state index >= 15 is 0 Å². The monoisotopic (exact) mass is 337 g/mol. The number of nitrogens with zero attached hydrogens (tertiary/aromatic N) is 1. The van der Waals surface area contributed by atoms with Crippen molar-refractivity contribution in [1.82, 2.24) is 4.90 Å². The first-order valence-electron chi connectivity index (χ1n) is 8.89. The highest BCUT2D eigenvalue weighted by atomic mass is 16.6. The lowest BCUT2D eigenvalue weighted by Crippen LogP contribution is -2.56. The summed E-state index contributed by atoms with van der Waals surface area (Å²) in [6.07, 6.45) is 2.47. The molecule has 2 atom stereocenters. The van der Waals surface area contributed by atoms with Crippen LogP contribution in [0.1, 0.15) is 53.4 Å². The summed E-state index contributed by atoms with van der Waals surface area (Å²) in [7, 11) is 0. The molecule has 6 heteroatoms. The molecule has 2 bridgehead atoms. The van der Waals surface area contributed by atoms with E-state index in [0.717, 1.165) is 0 Å². The Hall–Kier alpha value is -1.59. The lowest BCUT2D eigenvalue weighted by Gasteiger charge is -2.41. The van der Waals surface area contributed by atoms with Crippen molar-refractivity contribution in [2.45, 2.75) is 59.0 Å². The minimum absolute atomic E-state index is 0.0932. The largest absolute Gasteiger partial charge is 0.466 e. The predicted molar refractivity (Wildman–Crippen MR) is 85.9 cm³/mol. The van der Waals surface area contributed by atoms with Crippen molar-refractivity contribution in [3.63, 3.8) is 0 Å². The normalized spacial score (nSPS) is 35.0. The van der Waals surface area contributed by atoms with Crippen molar-refractivity contribution in [1.29, 1.82) is 0 Å². The van der Waals surface area contributed by atoms with Gasteiger partial charge in [0.25, 0.3) is 5.91 Å². The van der Waals surface area contributed by atoms with Gasteiger partial charge in [-0.25, -0.2) is 0 Å². The van der Waals surface area contributed by atoms with Gasteiger partial charge in [0.2, 0.25) is 0 Å². The summed E-state index contributed by atoms with van der Waals surface area (Å²) in [5.74, 6) is -0.666. The quantitative estimate of drug-likeness (QED) is 0.736. The molecule has 134 valence electrons. The van der Waals surface area contributed by atoms with Gasteiger partial charge in [-0.05, 0) is 39.5 Å². The second-order valence-electron chi connectivity index (χ2n) is 7.99. The topological polar surface area (TPSA) is 72.9 Å². The van der Waals surface area contributed by atoms with Gasteiger partial charge in [0.15, 0.2) is 5.60 Å². The second kappa shape index (κ2) is 5.46. The Kier molecular flexibility index (Phi) is 3.92. The van der Waals surface area contributed by atoms with Crippen LogP contribution in [0.3, 0.4) is 0 Å². The average molecular weight is 337 g/mol. The molecule has 6 nitrogen and oxygen atoms in total. The van der Waals surface area contributed by atoms with Crippen molar-refractivity contribution in [2.75, 3.05) is 19.7 Å². The number of esters is 2. The van der Waals surface area contributed by atoms with Gasteiger partial charge in [0, 0.05) is 18.5 Å². The third kappa shape index (κ3) is 2.04. The Morgan fingerprint density at radius 2 is 1.83 bits per heavy atom.